The Morgan fingerprint density at radius 2 is 2.21 bits per heavy atom. The average molecular weight is 263 g/mol. The summed E-state index contributed by atoms with van der Waals surface area (Å²) < 4.78 is 0. The summed E-state index contributed by atoms with van der Waals surface area (Å²) in [4.78, 5) is 7.00. The van der Waals surface area contributed by atoms with Crippen LogP contribution in [0.5, 0.6) is 0 Å². The second-order valence-electron chi connectivity index (χ2n) is 5.67. The lowest BCUT2D eigenvalue weighted by Gasteiger charge is -2.22. The highest BCUT2D eigenvalue weighted by molar-refractivity contribution is 5.34. The van der Waals surface area contributed by atoms with Gasteiger partial charge in [-0.25, -0.2) is 4.98 Å². The molecule has 0 spiro atoms. The van der Waals surface area contributed by atoms with Crippen molar-refractivity contribution in [3.63, 3.8) is 0 Å². The van der Waals surface area contributed by atoms with Crippen LogP contribution < -0.4 is 5.32 Å². The van der Waals surface area contributed by atoms with Gasteiger partial charge in [0, 0.05) is 19.6 Å². The summed E-state index contributed by atoms with van der Waals surface area (Å²) >= 11 is 0. The summed E-state index contributed by atoms with van der Waals surface area (Å²) in [7, 11) is 0. The van der Waals surface area contributed by atoms with Crippen LogP contribution in [-0.2, 0) is 6.54 Å². The number of likely N-dealkylation sites (tertiary alicyclic amines) is 1. The SMILES string of the molecule is CCNc1cccc(CN2CCCC(C)(O)CC2)n1. The van der Waals surface area contributed by atoms with Gasteiger partial charge in [0.2, 0.25) is 0 Å². The van der Waals surface area contributed by atoms with Crippen molar-refractivity contribution in [3.05, 3.63) is 23.9 Å². The molecule has 1 fully saturated rings. The third-order valence-electron chi connectivity index (χ3n) is 3.71. The Morgan fingerprint density at radius 3 is 3.00 bits per heavy atom. The maximum absolute atomic E-state index is 10.1. The average Bonchev–Trinajstić information content (AvgIpc) is 2.52. The quantitative estimate of drug-likeness (QED) is 0.875. The number of nitrogens with one attached hydrogen (secondary N) is 1. The number of hydrogen-bond donors (Lipinski definition) is 2. The van der Waals surface area contributed by atoms with E-state index in [0.717, 1.165) is 57.0 Å². The van der Waals surface area contributed by atoms with Crippen molar-refractivity contribution in [3.8, 4) is 0 Å². The molecule has 1 aromatic rings. The lowest BCUT2D eigenvalue weighted by molar-refractivity contribution is 0.0444. The predicted octanol–water partition coefficient (Wildman–Crippen LogP) is 2.25. The zero-order valence-electron chi connectivity index (χ0n) is 12.0. The van der Waals surface area contributed by atoms with Crippen LogP contribution in [0.3, 0.4) is 0 Å². The molecule has 0 aromatic carbocycles. The Morgan fingerprint density at radius 1 is 1.37 bits per heavy atom. The highest BCUT2D eigenvalue weighted by Crippen LogP contribution is 2.22. The Hall–Kier alpha value is -1.13. The molecule has 2 heterocycles. The van der Waals surface area contributed by atoms with E-state index >= 15 is 0 Å². The van der Waals surface area contributed by atoms with Gasteiger partial charge < -0.3 is 10.4 Å². The van der Waals surface area contributed by atoms with E-state index in [-0.39, 0.29) is 0 Å². The van der Waals surface area contributed by atoms with Crippen molar-refractivity contribution in [2.24, 2.45) is 0 Å². The molecule has 1 aromatic heterocycles. The van der Waals surface area contributed by atoms with Crippen LogP contribution in [-0.4, -0.2) is 40.2 Å². The Bertz CT molecular complexity index is 406. The van der Waals surface area contributed by atoms with Crippen LogP contribution in [0.4, 0.5) is 5.82 Å². The number of aliphatic hydroxyl groups is 1. The second-order valence-corrected chi connectivity index (χ2v) is 5.67. The number of hydrogen-bond acceptors (Lipinski definition) is 4. The number of rotatable bonds is 4. The van der Waals surface area contributed by atoms with Crippen molar-refractivity contribution < 1.29 is 5.11 Å². The zero-order chi connectivity index (χ0) is 13.7. The molecule has 0 bridgehead atoms. The van der Waals surface area contributed by atoms with E-state index in [0.29, 0.717) is 0 Å². The van der Waals surface area contributed by atoms with Crippen molar-refractivity contribution in [1.29, 1.82) is 0 Å². The van der Waals surface area contributed by atoms with Crippen molar-refractivity contribution >= 4 is 5.82 Å². The van der Waals surface area contributed by atoms with Gasteiger partial charge in [-0.15, -0.1) is 0 Å². The van der Waals surface area contributed by atoms with Crippen molar-refractivity contribution in [2.75, 3.05) is 25.0 Å². The van der Waals surface area contributed by atoms with Gasteiger partial charge in [-0.2, -0.15) is 0 Å². The molecule has 1 atom stereocenters. The van der Waals surface area contributed by atoms with Crippen LogP contribution in [0.1, 0.15) is 38.8 Å². The first-order valence-electron chi connectivity index (χ1n) is 7.23. The fourth-order valence-corrected chi connectivity index (χ4v) is 2.55. The molecule has 2 N–H and O–H groups in total. The van der Waals surface area contributed by atoms with Crippen LogP contribution in [0, 0.1) is 0 Å². The molecule has 4 heteroatoms. The molecule has 2 rings (SSSR count). The fraction of sp³-hybridized carbons (Fsp3) is 0.667. The second kappa shape index (κ2) is 6.35. The first-order valence-corrected chi connectivity index (χ1v) is 7.23. The highest BCUT2D eigenvalue weighted by Gasteiger charge is 2.24. The summed E-state index contributed by atoms with van der Waals surface area (Å²) in [5, 5.41) is 13.3. The molecule has 1 unspecified atom stereocenters. The van der Waals surface area contributed by atoms with E-state index < -0.39 is 5.60 Å². The monoisotopic (exact) mass is 263 g/mol. The van der Waals surface area contributed by atoms with Gasteiger partial charge in [0.05, 0.1) is 11.3 Å². The molecular weight excluding hydrogens is 238 g/mol. The molecular formula is C15H25N3O. The molecule has 1 aliphatic heterocycles. The molecule has 0 saturated carbocycles. The van der Waals surface area contributed by atoms with E-state index in [2.05, 4.69) is 28.2 Å². The van der Waals surface area contributed by atoms with Crippen molar-refractivity contribution in [1.82, 2.24) is 9.88 Å². The summed E-state index contributed by atoms with van der Waals surface area (Å²) in [6.45, 7) is 7.77. The number of nitrogens with zero attached hydrogens (tertiary/aromatic N) is 2. The molecule has 4 nitrogen and oxygen atoms in total. The fourth-order valence-electron chi connectivity index (χ4n) is 2.55. The smallest absolute Gasteiger partial charge is 0.126 e. The van der Waals surface area contributed by atoms with E-state index in [1.165, 1.54) is 0 Å². The molecule has 0 amide bonds. The van der Waals surface area contributed by atoms with Gasteiger partial charge in [-0.05, 0) is 51.8 Å². The molecule has 1 saturated heterocycles. The Labute approximate surface area is 115 Å². The van der Waals surface area contributed by atoms with Crippen LogP contribution in [0.25, 0.3) is 0 Å². The van der Waals surface area contributed by atoms with Gasteiger partial charge in [0.15, 0.2) is 0 Å². The van der Waals surface area contributed by atoms with Gasteiger partial charge in [0.25, 0.3) is 0 Å². The Balaban J connectivity index is 1.95. The maximum Gasteiger partial charge on any atom is 0.126 e. The lowest BCUT2D eigenvalue weighted by atomic mass is 9.98. The Kier molecular flexibility index (Phi) is 4.77. The number of aromatic nitrogens is 1. The summed E-state index contributed by atoms with van der Waals surface area (Å²) in [5.41, 5.74) is 0.605. The minimum atomic E-state index is -0.492. The van der Waals surface area contributed by atoms with Gasteiger partial charge in [0.1, 0.15) is 5.82 Å². The van der Waals surface area contributed by atoms with E-state index in [4.69, 9.17) is 0 Å². The molecule has 106 valence electrons. The lowest BCUT2D eigenvalue weighted by Crippen LogP contribution is -2.28. The maximum atomic E-state index is 10.1. The summed E-state index contributed by atoms with van der Waals surface area (Å²) in [5.74, 6) is 0.946. The van der Waals surface area contributed by atoms with Crippen LogP contribution >= 0.6 is 0 Å². The molecule has 1 aliphatic rings. The standard InChI is InChI=1S/C15H25N3O/c1-3-16-14-7-4-6-13(17-14)12-18-10-5-8-15(2,19)9-11-18/h4,6-7,19H,3,5,8-12H2,1-2H3,(H,16,17). The summed E-state index contributed by atoms with van der Waals surface area (Å²) in [6, 6.07) is 6.12. The first kappa shape index (κ1) is 14.3. The molecule has 0 aliphatic carbocycles. The predicted molar refractivity (Wildman–Crippen MR) is 78.2 cm³/mol. The minimum absolute atomic E-state index is 0.492. The van der Waals surface area contributed by atoms with Crippen molar-refractivity contribution in [2.45, 2.75) is 45.3 Å². The largest absolute Gasteiger partial charge is 0.390 e. The van der Waals surface area contributed by atoms with Gasteiger partial charge in [-0.1, -0.05) is 6.07 Å². The third-order valence-corrected chi connectivity index (χ3v) is 3.71. The molecule has 0 radical (unpaired) electrons. The number of pyridine rings is 1. The van der Waals surface area contributed by atoms with E-state index in [1.54, 1.807) is 0 Å². The zero-order valence-corrected chi connectivity index (χ0v) is 12.0. The minimum Gasteiger partial charge on any atom is -0.390 e. The summed E-state index contributed by atoms with van der Waals surface area (Å²) in [6.07, 6.45) is 2.80. The van der Waals surface area contributed by atoms with Gasteiger partial charge >= 0.3 is 0 Å². The van der Waals surface area contributed by atoms with E-state index in [1.807, 2.05) is 19.1 Å². The topological polar surface area (TPSA) is 48.4 Å². The normalized spacial score (nSPS) is 25.0. The highest BCUT2D eigenvalue weighted by atomic mass is 16.3. The first-order chi connectivity index (χ1) is 9.09. The third kappa shape index (κ3) is 4.48. The van der Waals surface area contributed by atoms with Crippen LogP contribution in [0.2, 0.25) is 0 Å². The van der Waals surface area contributed by atoms with Gasteiger partial charge in [-0.3, -0.25) is 4.90 Å². The van der Waals surface area contributed by atoms with E-state index in [9.17, 15) is 5.11 Å². The molecule has 19 heavy (non-hydrogen) atoms. The number of anilines is 1. The van der Waals surface area contributed by atoms with Crippen LogP contribution in [0.15, 0.2) is 18.2 Å².